The molecule has 2 atom stereocenters. The lowest BCUT2D eigenvalue weighted by Crippen LogP contribution is -2.34. The Morgan fingerprint density at radius 3 is 0.656 bits per heavy atom. The summed E-state index contributed by atoms with van der Waals surface area (Å²) in [5.41, 5.74) is 4.41. The predicted molar refractivity (Wildman–Crippen MR) is 395 cm³/mol. The molecule has 90 heavy (non-hydrogen) atoms. The van der Waals surface area contributed by atoms with Crippen LogP contribution in [-0.2, 0) is 32.4 Å². The molecule has 0 amide bonds. The molecule has 2 unspecified atom stereocenters. The van der Waals surface area contributed by atoms with Crippen LogP contribution in [0.5, 0.6) is 0 Å². The van der Waals surface area contributed by atoms with Gasteiger partial charge in [-0.25, -0.2) is 8.42 Å². The van der Waals surface area contributed by atoms with Gasteiger partial charge >= 0.3 is 0 Å². The second kappa shape index (κ2) is 48.8. The first-order chi connectivity index (χ1) is 44.4. The molecule has 4 nitrogen and oxygen atoms in total. The Labute approximate surface area is 561 Å². The van der Waals surface area contributed by atoms with Gasteiger partial charge < -0.3 is 0 Å². The Morgan fingerprint density at radius 2 is 0.478 bits per heavy atom. The molecule has 0 fully saturated rings. The maximum atomic E-state index is 15.2. The highest BCUT2D eigenvalue weighted by molar-refractivity contribution is 7.99. The molecule has 0 radical (unpaired) electrons. The summed E-state index contributed by atoms with van der Waals surface area (Å²) in [5, 5.41) is 22.7. The van der Waals surface area contributed by atoms with Crippen molar-refractivity contribution < 1.29 is 8.42 Å². The van der Waals surface area contributed by atoms with Crippen molar-refractivity contribution in [2.75, 3.05) is 0 Å². The number of allylic oxidation sites excluding steroid dienone is 4. The van der Waals surface area contributed by atoms with Crippen LogP contribution in [0.25, 0.3) is 9.81 Å². The molecule has 0 saturated carbocycles. The van der Waals surface area contributed by atoms with Crippen LogP contribution in [0.15, 0.2) is 57.4 Å². The minimum Gasteiger partial charge on any atom is -0.249 e. The van der Waals surface area contributed by atoms with E-state index in [0.717, 1.165) is 71.6 Å². The van der Waals surface area contributed by atoms with Crippen LogP contribution in [0.1, 0.15) is 424 Å². The van der Waals surface area contributed by atoms with Crippen molar-refractivity contribution in [1.82, 2.24) is 0 Å². The number of rotatable bonds is 60. The molecule has 508 valence electrons. The van der Waals surface area contributed by atoms with Crippen LogP contribution in [0.3, 0.4) is 0 Å². The minimum atomic E-state index is -1.45. The van der Waals surface area contributed by atoms with Crippen molar-refractivity contribution in [1.29, 1.82) is 10.5 Å². The molecule has 0 spiro atoms. The topological polar surface area (TPSA) is 81.7 Å². The van der Waals surface area contributed by atoms with Gasteiger partial charge in [0.15, 0.2) is 0 Å². The summed E-state index contributed by atoms with van der Waals surface area (Å²) in [6.45, 7) is 9.21. The summed E-state index contributed by atoms with van der Waals surface area (Å²) in [5.74, 6) is 0. The molecule has 1 aromatic rings. The quantitative estimate of drug-likeness (QED) is 0.0481. The second-order valence-corrected chi connectivity index (χ2v) is 32.0. The van der Waals surface area contributed by atoms with Gasteiger partial charge in [0.1, 0.15) is 0 Å². The maximum absolute atomic E-state index is 15.2. The summed E-state index contributed by atoms with van der Waals surface area (Å²) in [4.78, 5) is 3.26. The standard InChI is InChI=1S/C84H138N2O2S2/c1-5-9-13-17-21-25-29-33-37-41-45-49-53-57-63-83(64-58-54-50-46-42-38-34-30-26-22-18-14-10-6-2)77-71-76-78(72-75(77)81-79(83)69-73(61-67-85)89(81)87)84(80-70-74(62-68-86)90(88)82(76)80,65-59-55-51-47-43-39-35-31-27-23-19-15-11-7-3)66-60-56-52-48-44-40-36-32-28-24-20-16-12-8-4/h61-62,69-72H,5-60,63-66H2,1-4H3. The third-order valence-electron chi connectivity index (χ3n) is 21.8. The Balaban J connectivity index is 1.41. The minimum absolute atomic E-state index is 0.320. The lowest BCUT2D eigenvalue weighted by atomic mass is 9.68. The van der Waals surface area contributed by atoms with E-state index in [1.165, 1.54) is 356 Å². The van der Waals surface area contributed by atoms with Crippen molar-refractivity contribution in [3.8, 4) is 12.1 Å². The number of hydrogen-bond donors (Lipinski definition) is 0. The summed E-state index contributed by atoms with van der Waals surface area (Å²) in [6, 6.07) is 9.63. The molecule has 2 aliphatic carbocycles. The molecule has 2 heterocycles. The third-order valence-corrected chi connectivity index (χ3v) is 24.8. The van der Waals surface area contributed by atoms with E-state index in [4.69, 9.17) is 0 Å². The fourth-order valence-electron chi connectivity index (χ4n) is 16.3. The van der Waals surface area contributed by atoms with Crippen LogP contribution in [0.2, 0.25) is 0 Å². The van der Waals surface area contributed by atoms with Crippen molar-refractivity contribution >= 4 is 31.4 Å². The Morgan fingerprint density at radius 1 is 0.300 bits per heavy atom. The lowest BCUT2D eigenvalue weighted by Gasteiger charge is -2.35. The second-order valence-electron chi connectivity index (χ2n) is 29.2. The summed E-state index contributed by atoms with van der Waals surface area (Å²) < 4.78 is 30.4. The van der Waals surface area contributed by atoms with E-state index >= 15 is 8.42 Å². The number of benzene rings is 1. The molecule has 2 aliphatic heterocycles. The van der Waals surface area contributed by atoms with E-state index in [1.807, 2.05) is 0 Å². The zero-order valence-electron chi connectivity index (χ0n) is 59.4. The zero-order valence-corrected chi connectivity index (χ0v) is 61.1. The molecule has 5 rings (SSSR count). The first-order valence-corrected chi connectivity index (χ1v) is 42.1. The summed E-state index contributed by atoms with van der Waals surface area (Å²) >= 11 is 0. The van der Waals surface area contributed by atoms with E-state index in [2.05, 4.69) is 64.1 Å². The Hall–Kier alpha value is -2.80. The molecule has 6 heteroatoms. The van der Waals surface area contributed by atoms with Crippen LogP contribution in [-0.4, -0.2) is 8.42 Å². The number of fused-ring (bicyclic) bond motifs is 4. The third kappa shape index (κ3) is 26.4. The number of nitrogens with zero attached hydrogens (tertiary/aromatic N) is 2. The van der Waals surface area contributed by atoms with Gasteiger partial charge in [-0.1, -0.05) is 387 Å². The number of nitriles is 2. The number of unbranched alkanes of at least 4 members (excludes halogenated alkanes) is 52. The average Bonchev–Trinajstić information content (AvgIpc) is 1.52. The monoisotopic (exact) mass is 1270 g/mol. The summed E-state index contributed by atoms with van der Waals surface area (Å²) in [6.07, 6.45) is 85.9. The normalized spacial score (nSPS) is 17.7. The molecular weight excluding hydrogens is 1130 g/mol. The predicted octanol–water partition coefficient (Wildman–Crippen LogP) is 26.1. The highest BCUT2D eigenvalue weighted by atomic mass is 32.2. The Bertz CT molecular complexity index is 2290. The van der Waals surface area contributed by atoms with Gasteiger partial charge in [0.2, 0.25) is 0 Å². The van der Waals surface area contributed by atoms with Crippen LogP contribution < -0.4 is 10.4 Å². The Kier molecular flexibility index (Phi) is 42.3. The summed E-state index contributed by atoms with van der Waals surface area (Å²) in [7, 11) is -2.89. The fourth-order valence-corrected chi connectivity index (χ4v) is 19.2. The number of hydrogen-bond acceptors (Lipinski definition) is 4. The molecule has 0 bridgehead atoms. The molecule has 4 aliphatic rings. The smallest absolute Gasteiger partial charge is 0.0924 e. The van der Waals surface area contributed by atoms with Crippen molar-refractivity contribution in [3.63, 3.8) is 0 Å². The van der Waals surface area contributed by atoms with Crippen LogP contribution in [0, 0.1) is 22.7 Å². The highest BCUT2D eigenvalue weighted by Crippen LogP contribution is 2.56. The maximum Gasteiger partial charge on any atom is 0.0924 e. The van der Waals surface area contributed by atoms with Gasteiger partial charge in [-0.05, 0) is 82.7 Å². The van der Waals surface area contributed by atoms with E-state index in [1.54, 1.807) is 12.2 Å². The van der Waals surface area contributed by atoms with Crippen LogP contribution in [0.4, 0.5) is 0 Å². The van der Waals surface area contributed by atoms with Gasteiger partial charge in [-0.2, -0.15) is 10.5 Å². The van der Waals surface area contributed by atoms with Gasteiger partial charge in [-0.3, -0.25) is 0 Å². The van der Waals surface area contributed by atoms with E-state index in [-0.39, 0.29) is 10.8 Å². The lowest BCUT2D eigenvalue weighted by molar-refractivity contribution is 0.390. The van der Waals surface area contributed by atoms with E-state index in [9.17, 15) is 10.5 Å². The van der Waals surface area contributed by atoms with Crippen molar-refractivity contribution in [2.45, 2.75) is 424 Å². The first kappa shape index (κ1) is 77.9. The van der Waals surface area contributed by atoms with Crippen molar-refractivity contribution in [3.05, 3.63) is 79.0 Å². The van der Waals surface area contributed by atoms with Gasteiger partial charge in [0.25, 0.3) is 0 Å². The molecule has 0 saturated heterocycles. The zero-order chi connectivity index (χ0) is 64.0. The fraction of sp³-hybridized carbons (Fsp3) is 0.786. The largest absolute Gasteiger partial charge is 0.249 e. The van der Waals surface area contributed by atoms with Gasteiger partial charge in [-0.15, -0.1) is 0 Å². The molecule has 0 N–H and O–H groups in total. The SMILES string of the molecule is CCCCCCCCCCCCCCCCC1(CCCCCCCCCCCCCCCC)C2=CC(=CC#N)S(=O)C2=c2cc3c(cc21)=C1C(=CC(=CC#N)S1=O)C3(CCCCCCCCCCCCCCCC)CCCCCCCCCCCCCCCC. The molecule has 0 aromatic heterocycles. The van der Waals surface area contributed by atoms with Gasteiger partial charge in [0, 0.05) is 23.0 Å². The molecular formula is C84H138N2O2S2. The van der Waals surface area contributed by atoms with Crippen LogP contribution >= 0.6 is 0 Å². The van der Waals surface area contributed by atoms with Crippen molar-refractivity contribution in [2.24, 2.45) is 0 Å². The van der Waals surface area contributed by atoms with E-state index < -0.39 is 21.6 Å². The van der Waals surface area contributed by atoms with Gasteiger partial charge in [0.05, 0.1) is 53.4 Å². The molecule has 1 aromatic carbocycles. The highest BCUT2D eigenvalue weighted by Gasteiger charge is 2.51. The van der Waals surface area contributed by atoms with E-state index in [0.29, 0.717) is 9.81 Å². The first-order valence-electron chi connectivity index (χ1n) is 39.8. The average molecular weight is 1270 g/mol.